The maximum atomic E-state index is 12.3. The summed E-state index contributed by atoms with van der Waals surface area (Å²) >= 11 is 1.50. The summed E-state index contributed by atoms with van der Waals surface area (Å²) < 4.78 is 5.31. The van der Waals surface area contributed by atoms with Gasteiger partial charge in [0.1, 0.15) is 10.8 Å². The Morgan fingerprint density at radius 2 is 2.32 bits per heavy atom. The van der Waals surface area contributed by atoms with E-state index in [1.807, 2.05) is 18.2 Å². The largest absolute Gasteiger partial charge is 0.495 e. The molecule has 1 saturated heterocycles. The van der Waals surface area contributed by atoms with E-state index in [0.29, 0.717) is 30.3 Å². The van der Waals surface area contributed by atoms with Crippen LogP contribution in [0.1, 0.15) is 6.42 Å². The molecule has 25 heavy (non-hydrogen) atoms. The van der Waals surface area contributed by atoms with Crippen LogP contribution in [0.25, 0.3) is 0 Å². The Morgan fingerprint density at radius 1 is 1.48 bits per heavy atom. The number of methoxy groups -OCH3 is 1. The van der Waals surface area contributed by atoms with Gasteiger partial charge >= 0.3 is 0 Å². The number of nitrogens with zero attached hydrogens (tertiary/aromatic N) is 3. The summed E-state index contributed by atoms with van der Waals surface area (Å²) in [7, 11) is 1.57. The van der Waals surface area contributed by atoms with Gasteiger partial charge in [-0.1, -0.05) is 12.1 Å². The number of rotatable bonds is 7. The predicted octanol–water partition coefficient (Wildman–Crippen LogP) is 1.07. The Labute approximate surface area is 149 Å². The summed E-state index contributed by atoms with van der Waals surface area (Å²) in [5.74, 6) is 0.790. The van der Waals surface area contributed by atoms with E-state index in [-0.39, 0.29) is 24.2 Å². The first-order valence-electron chi connectivity index (χ1n) is 7.88. The molecule has 0 aliphatic carbocycles. The smallest absolute Gasteiger partial charge is 0.227 e. The summed E-state index contributed by atoms with van der Waals surface area (Å²) in [6, 6.07) is 7.32. The number of nitrogens with one attached hydrogen (secondary N) is 2. The number of carbonyl (C=O) groups is 2. The Balaban J connectivity index is 1.52. The fourth-order valence-corrected chi connectivity index (χ4v) is 3.35. The number of ether oxygens (including phenoxy) is 1. The van der Waals surface area contributed by atoms with Crippen LogP contribution in [0.15, 0.2) is 35.5 Å². The van der Waals surface area contributed by atoms with Gasteiger partial charge in [-0.05, 0) is 12.1 Å². The van der Waals surface area contributed by atoms with Crippen molar-refractivity contribution < 1.29 is 14.3 Å². The SMILES string of the molecule is COc1ccccc1N1C[C@H](C(=O)NCCSc2cn[nH]n2)CC1=O. The van der Waals surface area contributed by atoms with Crippen LogP contribution in [0.2, 0.25) is 0 Å². The molecule has 2 aromatic rings. The molecule has 3 rings (SSSR count). The van der Waals surface area contributed by atoms with Gasteiger partial charge in [0, 0.05) is 25.3 Å². The van der Waals surface area contributed by atoms with Crippen LogP contribution < -0.4 is 15.0 Å². The van der Waals surface area contributed by atoms with Gasteiger partial charge in [0.05, 0.1) is 24.9 Å². The number of para-hydroxylation sites is 2. The average molecular weight is 361 g/mol. The molecule has 0 saturated carbocycles. The third-order valence-corrected chi connectivity index (χ3v) is 4.82. The molecule has 2 heterocycles. The van der Waals surface area contributed by atoms with Crippen LogP contribution in [0.5, 0.6) is 5.75 Å². The van der Waals surface area contributed by atoms with Crippen LogP contribution in [0, 0.1) is 5.92 Å². The van der Waals surface area contributed by atoms with Crippen molar-refractivity contribution in [2.24, 2.45) is 5.92 Å². The number of amides is 2. The van der Waals surface area contributed by atoms with Crippen molar-refractivity contribution in [1.82, 2.24) is 20.7 Å². The minimum absolute atomic E-state index is 0.0679. The third-order valence-electron chi connectivity index (χ3n) is 3.92. The lowest BCUT2D eigenvalue weighted by Gasteiger charge is -2.19. The first-order chi connectivity index (χ1) is 12.2. The van der Waals surface area contributed by atoms with E-state index in [4.69, 9.17) is 4.74 Å². The standard InChI is InChI=1S/C16H19N5O3S/c1-24-13-5-3-2-4-12(13)21-10-11(8-15(21)22)16(23)17-6-7-25-14-9-18-20-19-14/h2-5,9,11H,6-8,10H2,1H3,(H,17,23)(H,18,19,20)/t11-/m1/s1. The van der Waals surface area contributed by atoms with Crippen molar-refractivity contribution in [3.63, 3.8) is 0 Å². The zero-order chi connectivity index (χ0) is 17.6. The maximum Gasteiger partial charge on any atom is 0.227 e. The van der Waals surface area contributed by atoms with E-state index in [9.17, 15) is 9.59 Å². The fourth-order valence-electron chi connectivity index (χ4n) is 2.70. The fraction of sp³-hybridized carbons (Fsp3) is 0.375. The second kappa shape index (κ2) is 8.02. The molecule has 9 heteroatoms. The van der Waals surface area contributed by atoms with E-state index in [0.717, 1.165) is 5.03 Å². The van der Waals surface area contributed by atoms with Crippen molar-refractivity contribution in [2.75, 3.05) is 30.9 Å². The topological polar surface area (TPSA) is 100 Å². The Morgan fingerprint density at radius 3 is 3.08 bits per heavy atom. The summed E-state index contributed by atoms with van der Waals surface area (Å²) in [5, 5.41) is 13.9. The first-order valence-corrected chi connectivity index (χ1v) is 8.87. The number of aromatic amines is 1. The molecule has 0 spiro atoms. The molecule has 0 bridgehead atoms. The molecule has 1 fully saturated rings. The minimum Gasteiger partial charge on any atom is -0.495 e. The van der Waals surface area contributed by atoms with Gasteiger partial charge in [0.2, 0.25) is 11.8 Å². The average Bonchev–Trinajstić information content (AvgIpc) is 3.28. The molecule has 0 radical (unpaired) electrons. The third kappa shape index (κ3) is 4.11. The zero-order valence-corrected chi connectivity index (χ0v) is 14.6. The Kier molecular flexibility index (Phi) is 5.54. The molecule has 2 N–H and O–H groups in total. The van der Waals surface area contributed by atoms with E-state index in [1.165, 1.54) is 11.8 Å². The van der Waals surface area contributed by atoms with Gasteiger partial charge in [-0.15, -0.1) is 16.9 Å². The lowest BCUT2D eigenvalue weighted by molar-refractivity contribution is -0.126. The van der Waals surface area contributed by atoms with Gasteiger partial charge in [0.15, 0.2) is 0 Å². The quantitative estimate of drug-likeness (QED) is 0.565. The molecular formula is C16H19N5O3S. The molecule has 132 valence electrons. The van der Waals surface area contributed by atoms with E-state index >= 15 is 0 Å². The molecule has 2 amide bonds. The van der Waals surface area contributed by atoms with Crippen molar-refractivity contribution in [3.8, 4) is 5.75 Å². The van der Waals surface area contributed by atoms with Crippen LogP contribution >= 0.6 is 11.8 Å². The van der Waals surface area contributed by atoms with Gasteiger partial charge in [-0.2, -0.15) is 10.3 Å². The molecule has 1 aromatic heterocycles. The lowest BCUT2D eigenvalue weighted by atomic mass is 10.1. The zero-order valence-electron chi connectivity index (χ0n) is 13.8. The number of carbonyl (C=O) groups excluding carboxylic acids is 2. The van der Waals surface area contributed by atoms with Gasteiger partial charge in [-0.3, -0.25) is 9.59 Å². The highest BCUT2D eigenvalue weighted by atomic mass is 32.2. The van der Waals surface area contributed by atoms with Crippen molar-refractivity contribution >= 4 is 29.3 Å². The number of aromatic nitrogens is 3. The molecule has 8 nitrogen and oxygen atoms in total. The number of hydrogen-bond acceptors (Lipinski definition) is 6. The molecule has 1 aliphatic heterocycles. The Bertz CT molecular complexity index is 737. The summed E-state index contributed by atoms with van der Waals surface area (Å²) in [6.45, 7) is 0.872. The maximum absolute atomic E-state index is 12.3. The van der Waals surface area contributed by atoms with Crippen molar-refractivity contribution in [1.29, 1.82) is 0 Å². The second-order valence-corrected chi connectivity index (χ2v) is 6.64. The lowest BCUT2D eigenvalue weighted by Crippen LogP contribution is -2.34. The number of benzene rings is 1. The van der Waals surface area contributed by atoms with Gasteiger partial charge in [-0.25, -0.2) is 0 Å². The van der Waals surface area contributed by atoms with E-state index < -0.39 is 0 Å². The molecular weight excluding hydrogens is 342 g/mol. The predicted molar refractivity (Wildman–Crippen MR) is 93.6 cm³/mol. The number of H-pyrrole nitrogens is 1. The van der Waals surface area contributed by atoms with Gasteiger partial charge in [0.25, 0.3) is 0 Å². The van der Waals surface area contributed by atoms with Crippen LogP contribution in [0.3, 0.4) is 0 Å². The van der Waals surface area contributed by atoms with Crippen molar-refractivity contribution in [3.05, 3.63) is 30.5 Å². The van der Waals surface area contributed by atoms with Crippen LogP contribution in [-0.2, 0) is 9.59 Å². The van der Waals surface area contributed by atoms with E-state index in [2.05, 4.69) is 20.7 Å². The van der Waals surface area contributed by atoms with E-state index in [1.54, 1.807) is 24.3 Å². The van der Waals surface area contributed by atoms with Gasteiger partial charge < -0.3 is 15.0 Å². The first kappa shape index (κ1) is 17.3. The summed E-state index contributed by atoms with van der Waals surface area (Å²) in [4.78, 5) is 26.2. The highest BCUT2D eigenvalue weighted by Crippen LogP contribution is 2.32. The van der Waals surface area contributed by atoms with Crippen LogP contribution in [-0.4, -0.2) is 53.2 Å². The monoisotopic (exact) mass is 361 g/mol. The summed E-state index contributed by atoms with van der Waals surface area (Å²) in [5.41, 5.74) is 0.701. The highest BCUT2D eigenvalue weighted by molar-refractivity contribution is 7.99. The van der Waals surface area contributed by atoms with Crippen LogP contribution in [0.4, 0.5) is 5.69 Å². The highest BCUT2D eigenvalue weighted by Gasteiger charge is 2.36. The molecule has 1 atom stereocenters. The normalized spacial score (nSPS) is 16.9. The second-order valence-electron chi connectivity index (χ2n) is 5.52. The minimum atomic E-state index is -0.352. The number of anilines is 1. The number of thioether (sulfide) groups is 1. The molecule has 1 aromatic carbocycles. The number of hydrogen-bond donors (Lipinski definition) is 2. The van der Waals surface area contributed by atoms with Crippen molar-refractivity contribution in [2.45, 2.75) is 11.4 Å². The molecule has 0 unspecified atom stereocenters. The Hall–Kier alpha value is -2.55. The summed E-state index contributed by atoms with van der Waals surface area (Å²) in [6.07, 6.45) is 1.84. The molecule has 1 aliphatic rings.